The molecule has 0 atom stereocenters. The van der Waals surface area contributed by atoms with Gasteiger partial charge in [0.05, 0.1) is 16.2 Å². The highest BCUT2D eigenvalue weighted by Gasteiger charge is 2.16. The number of carboxylic acid groups (broad SMARTS) is 1. The molecule has 114 valence electrons. The molecule has 0 aliphatic rings. The molecule has 2 N–H and O–H groups in total. The number of thiazole rings is 1. The molecule has 22 heavy (non-hydrogen) atoms. The Balaban J connectivity index is 2.11. The third kappa shape index (κ3) is 2.62. The highest BCUT2D eigenvalue weighted by molar-refractivity contribution is 7.17. The SMILES string of the molecule is CCCc1cc2cc(-c3nc(C)c(C(=O)O)s3)cc(Cl)c2[nH]1. The molecule has 2 heterocycles. The van der Waals surface area contributed by atoms with Gasteiger partial charge in [-0.1, -0.05) is 24.9 Å². The molecule has 2 aromatic heterocycles. The van der Waals surface area contributed by atoms with E-state index in [-0.39, 0.29) is 4.88 Å². The fourth-order valence-electron chi connectivity index (χ4n) is 2.50. The highest BCUT2D eigenvalue weighted by atomic mass is 35.5. The fraction of sp³-hybridized carbons (Fsp3) is 0.250. The number of aromatic nitrogens is 2. The third-order valence-corrected chi connectivity index (χ3v) is 4.99. The van der Waals surface area contributed by atoms with Crippen LogP contribution in [0.3, 0.4) is 0 Å². The summed E-state index contributed by atoms with van der Waals surface area (Å²) in [5, 5.41) is 11.5. The Morgan fingerprint density at radius 3 is 2.82 bits per heavy atom. The second-order valence-electron chi connectivity index (χ2n) is 5.21. The molecule has 6 heteroatoms. The van der Waals surface area contributed by atoms with E-state index < -0.39 is 5.97 Å². The first-order valence-electron chi connectivity index (χ1n) is 7.01. The van der Waals surface area contributed by atoms with Crippen LogP contribution in [0.15, 0.2) is 18.2 Å². The van der Waals surface area contributed by atoms with E-state index in [2.05, 4.69) is 23.0 Å². The van der Waals surface area contributed by atoms with Gasteiger partial charge in [-0.3, -0.25) is 0 Å². The van der Waals surface area contributed by atoms with Crippen LogP contribution in [-0.2, 0) is 6.42 Å². The Hall–Kier alpha value is -1.85. The van der Waals surface area contributed by atoms with Crippen LogP contribution in [0.1, 0.15) is 34.4 Å². The van der Waals surface area contributed by atoms with Crippen molar-refractivity contribution in [1.29, 1.82) is 0 Å². The van der Waals surface area contributed by atoms with Gasteiger partial charge in [-0.15, -0.1) is 11.3 Å². The highest BCUT2D eigenvalue weighted by Crippen LogP contribution is 2.34. The van der Waals surface area contributed by atoms with E-state index in [0.29, 0.717) is 15.7 Å². The van der Waals surface area contributed by atoms with Crippen LogP contribution >= 0.6 is 22.9 Å². The van der Waals surface area contributed by atoms with Crippen molar-refractivity contribution in [3.05, 3.63) is 39.5 Å². The van der Waals surface area contributed by atoms with Gasteiger partial charge >= 0.3 is 5.97 Å². The summed E-state index contributed by atoms with van der Waals surface area (Å²) in [4.78, 5) is 19.1. The van der Waals surface area contributed by atoms with E-state index in [0.717, 1.165) is 35.0 Å². The zero-order chi connectivity index (χ0) is 15.9. The van der Waals surface area contributed by atoms with Gasteiger partial charge in [0.25, 0.3) is 0 Å². The Kier molecular flexibility index (Phi) is 3.93. The summed E-state index contributed by atoms with van der Waals surface area (Å²) >= 11 is 7.54. The number of halogens is 1. The lowest BCUT2D eigenvalue weighted by molar-refractivity contribution is 0.0701. The summed E-state index contributed by atoms with van der Waals surface area (Å²) in [6.45, 7) is 3.84. The van der Waals surface area contributed by atoms with Crippen LogP contribution < -0.4 is 0 Å². The quantitative estimate of drug-likeness (QED) is 0.712. The average molecular weight is 335 g/mol. The van der Waals surface area contributed by atoms with Crippen molar-refractivity contribution < 1.29 is 9.90 Å². The van der Waals surface area contributed by atoms with E-state index >= 15 is 0 Å². The van der Waals surface area contributed by atoms with Crippen molar-refractivity contribution >= 4 is 39.8 Å². The van der Waals surface area contributed by atoms with Crippen molar-refractivity contribution in [1.82, 2.24) is 9.97 Å². The minimum atomic E-state index is -0.944. The topological polar surface area (TPSA) is 66.0 Å². The Bertz CT molecular complexity index is 867. The number of carboxylic acids is 1. The number of nitrogens with one attached hydrogen (secondary N) is 1. The summed E-state index contributed by atoms with van der Waals surface area (Å²) < 4.78 is 0. The zero-order valence-electron chi connectivity index (χ0n) is 12.2. The Labute approximate surface area is 136 Å². The predicted molar refractivity (Wildman–Crippen MR) is 90.1 cm³/mol. The smallest absolute Gasteiger partial charge is 0.347 e. The first-order chi connectivity index (χ1) is 10.5. The number of carbonyl (C=O) groups is 1. The van der Waals surface area contributed by atoms with Gasteiger partial charge in [-0.05, 0) is 31.5 Å². The van der Waals surface area contributed by atoms with E-state index in [9.17, 15) is 4.79 Å². The Morgan fingerprint density at radius 2 is 2.18 bits per heavy atom. The maximum atomic E-state index is 11.2. The maximum absolute atomic E-state index is 11.2. The van der Waals surface area contributed by atoms with Gasteiger partial charge in [-0.2, -0.15) is 0 Å². The normalized spacial score (nSPS) is 11.2. The van der Waals surface area contributed by atoms with E-state index in [4.69, 9.17) is 16.7 Å². The van der Waals surface area contributed by atoms with Crippen molar-refractivity contribution in [3.8, 4) is 10.6 Å². The first-order valence-corrected chi connectivity index (χ1v) is 8.21. The summed E-state index contributed by atoms with van der Waals surface area (Å²) in [5.74, 6) is -0.944. The number of fused-ring (bicyclic) bond motifs is 1. The molecule has 0 saturated heterocycles. The lowest BCUT2D eigenvalue weighted by Gasteiger charge is -1.99. The summed E-state index contributed by atoms with van der Waals surface area (Å²) in [7, 11) is 0. The Morgan fingerprint density at radius 1 is 1.41 bits per heavy atom. The monoisotopic (exact) mass is 334 g/mol. The molecule has 4 nitrogen and oxygen atoms in total. The van der Waals surface area contributed by atoms with Crippen LogP contribution in [-0.4, -0.2) is 21.0 Å². The second kappa shape index (κ2) is 5.74. The van der Waals surface area contributed by atoms with Crippen LogP contribution in [0.25, 0.3) is 21.5 Å². The summed E-state index contributed by atoms with van der Waals surface area (Å²) in [5.41, 5.74) is 3.45. The molecule has 0 spiro atoms. The van der Waals surface area contributed by atoms with Gasteiger partial charge in [0.2, 0.25) is 0 Å². The number of H-pyrrole nitrogens is 1. The molecule has 3 aromatic rings. The number of benzene rings is 1. The summed E-state index contributed by atoms with van der Waals surface area (Å²) in [6, 6.07) is 5.92. The number of nitrogens with zero attached hydrogens (tertiary/aromatic N) is 1. The van der Waals surface area contributed by atoms with Crippen LogP contribution in [0.4, 0.5) is 0 Å². The number of hydrogen-bond donors (Lipinski definition) is 2. The molecule has 0 unspecified atom stereocenters. The van der Waals surface area contributed by atoms with Crippen molar-refractivity contribution in [3.63, 3.8) is 0 Å². The molecule has 0 amide bonds. The van der Waals surface area contributed by atoms with Gasteiger partial charge < -0.3 is 10.1 Å². The van der Waals surface area contributed by atoms with Crippen LogP contribution in [0.2, 0.25) is 5.02 Å². The molecule has 0 saturated carbocycles. The van der Waals surface area contributed by atoms with E-state index in [1.54, 1.807) is 6.92 Å². The average Bonchev–Trinajstić information content (AvgIpc) is 3.02. The molecule has 0 aliphatic carbocycles. The molecule has 0 aliphatic heterocycles. The lowest BCUT2D eigenvalue weighted by atomic mass is 10.1. The van der Waals surface area contributed by atoms with Crippen LogP contribution in [0.5, 0.6) is 0 Å². The standard InChI is InChI=1S/C16H15ClN2O2S/c1-3-4-11-6-9-5-10(7-12(17)13(9)19-11)15-18-8(2)14(22-15)16(20)21/h5-7,19H,3-4H2,1-2H3,(H,20,21). The molecular weight excluding hydrogens is 320 g/mol. The van der Waals surface area contributed by atoms with Crippen molar-refractivity contribution in [2.45, 2.75) is 26.7 Å². The number of aromatic amines is 1. The molecule has 3 rings (SSSR count). The molecule has 0 radical (unpaired) electrons. The van der Waals surface area contributed by atoms with E-state index in [1.165, 1.54) is 11.3 Å². The predicted octanol–water partition coefficient (Wildman–Crippen LogP) is 4.90. The van der Waals surface area contributed by atoms with Crippen molar-refractivity contribution in [2.75, 3.05) is 0 Å². The van der Waals surface area contributed by atoms with Gasteiger partial charge in [0.1, 0.15) is 9.88 Å². The number of hydrogen-bond acceptors (Lipinski definition) is 3. The largest absolute Gasteiger partial charge is 0.477 e. The van der Waals surface area contributed by atoms with Gasteiger partial charge in [0.15, 0.2) is 0 Å². The maximum Gasteiger partial charge on any atom is 0.347 e. The third-order valence-electron chi connectivity index (χ3n) is 3.49. The molecular formula is C16H15ClN2O2S. The van der Waals surface area contributed by atoms with Gasteiger partial charge in [0, 0.05) is 16.6 Å². The second-order valence-corrected chi connectivity index (χ2v) is 6.61. The molecule has 1 aromatic carbocycles. The molecule has 0 fully saturated rings. The number of rotatable bonds is 4. The van der Waals surface area contributed by atoms with Crippen molar-refractivity contribution in [2.24, 2.45) is 0 Å². The minimum Gasteiger partial charge on any atom is -0.477 e. The number of aromatic carboxylic acids is 1. The lowest BCUT2D eigenvalue weighted by Crippen LogP contribution is -1.94. The molecule has 0 bridgehead atoms. The minimum absolute atomic E-state index is 0.270. The van der Waals surface area contributed by atoms with Crippen LogP contribution in [0, 0.1) is 6.92 Å². The number of aryl methyl sites for hydroxylation is 2. The van der Waals surface area contributed by atoms with E-state index in [1.807, 2.05) is 12.1 Å². The summed E-state index contributed by atoms with van der Waals surface area (Å²) in [6.07, 6.45) is 2.03. The first kappa shape index (κ1) is 15.1. The van der Waals surface area contributed by atoms with Gasteiger partial charge in [-0.25, -0.2) is 9.78 Å². The fourth-order valence-corrected chi connectivity index (χ4v) is 3.67. The zero-order valence-corrected chi connectivity index (χ0v) is 13.8.